The summed E-state index contributed by atoms with van der Waals surface area (Å²) >= 11 is 12.5. The predicted molar refractivity (Wildman–Crippen MR) is 167 cm³/mol. The fourth-order valence-electron chi connectivity index (χ4n) is 4.42. The summed E-state index contributed by atoms with van der Waals surface area (Å²) in [6.07, 6.45) is 2.47. The molecule has 0 saturated carbocycles. The van der Waals surface area contributed by atoms with E-state index in [1.807, 2.05) is 62.4 Å². The van der Waals surface area contributed by atoms with Crippen LogP contribution in [0.25, 0.3) is 0 Å². The molecule has 10 heteroatoms. The van der Waals surface area contributed by atoms with E-state index in [2.05, 4.69) is 5.32 Å². The van der Waals surface area contributed by atoms with Gasteiger partial charge in [0.15, 0.2) is 0 Å². The molecular weight excluding hydrogens is 581 g/mol. The monoisotopic (exact) mass is 617 g/mol. The first-order valence-electron chi connectivity index (χ1n) is 13.6. The predicted octanol–water partition coefficient (Wildman–Crippen LogP) is 6.09. The van der Waals surface area contributed by atoms with Crippen molar-refractivity contribution in [3.05, 3.63) is 100 Å². The molecule has 0 fully saturated rings. The Morgan fingerprint density at radius 1 is 0.927 bits per heavy atom. The molecule has 0 spiro atoms. The summed E-state index contributed by atoms with van der Waals surface area (Å²) in [4.78, 5) is 29.1. The van der Waals surface area contributed by atoms with Gasteiger partial charge in [-0.2, -0.15) is 0 Å². The van der Waals surface area contributed by atoms with E-state index in [4.69, 9.17) is 23.2 Å². The van der Waals surface area contributed by atoms with Crippen LogP contribution in [0, 0.1) is 0 Å². The topological polar surface area (TPSA) is 86.8 Å². The Bertz CT molecular complexity index is 1400. The number of amides is 2. The van der Waals surface area contributed by atoms with E-state index in [0.717, 1.165) is 23.8 Å². The second kappa shape index (κ2) is 15.2. The molecule has 0 aliphatic rings. The molecule has 0 unspecified atom stereocenters. The Balaban J connectivity index is 1.89. The summed E-state index contributed by atoms with van der Waals surface area (Å²) in [6.45, 7) is 4.14. The Morgan fingerprint density at radius 2 is 1.56 bits per heavy atom. The largest absolute Gasteiger partial charge is 0.352 e. The molecule has 0 radical (unpaired) electrons. The van der Waals surface area contributed by atoms with Crippen LogP contribution in [0.4, 0.5) is 5.69 Å². The molecule has 7 nitrogen and oxygen atoms in total. The van der Waals surface area contributed by atoms with Crippen molar-refractivity contribution in [2.24, 2.45) is 0 Å². The first kappa shape index (κ1) is 32.4. The van der Waals surface area contributed by atoms with Crippen LogP contribution in [0.2, 0.25) is 10.0 Å². The van der Waals surface area contributed by atoms with Crippen molar-refractivity contribution in [1.82, 2.24) is 10.2 Å². The number of hydrogen-bond donors (Lipinski definition) is 1. The third-order valence-corrected chi connectivity index (χ3v) is 8.65. The minimum Gasteiger partial charge on any atom is -0.352 e. The SMILES string of the molecule is CC[C@H](C)NC(=O)[C@@H](Cc1ccccc1)N(Cc1ccccc1Cl)C(=O)CCCN(c1ccc(Cl)cc1)S(C)(=O)=O. The van der Waals surface area contributed by atoms with Gasteiger partial charge in [-0.15, -0.1) is 0 Å². The van der Waals surface area contributed by atoms with E-state index in [1.54, 1.807) is 35.2 Å². The molecule has 1 N–H and O–H groups in total. The highest BCUT2D eigenvalue weighted by Crippen LogP contribution is 2.23. The van der Waals surface area contributed by atoms with Crippen molar-refractivity contribution >= 4 is 50.7 Å². The highest BCUT2D eigenvalue weighted by atomic mass is 35.5. The van der Waals surface area contributed by atoms with Crippen LogP contribution in [0.3, 0.4) is 0 Å². The van der Waals surface area contributed by atoms with Gasteiger partial charge in [-0.05, 0) is 61.2 Å². The summed E-state index contributed by atoms with van der Waals surface area (Å²) in [6, 6.07) is 22.4. The van der Waals surface area contributed by atoms with Gasteiger partial charge < -0.3 is 10.2 Å². The van der Waals surface area contributed by atoms with E-state index >= 15 is 0 Å². The summed E-state index contributed by atoms with van der Waals surface area (Å²) in [5.41, 5.74) is 2.10. The zero-order valence-electron chi connectivity index (χ0n) is 23.6. The third-order valence-electron chi connectivity index (χ3n) is 6.84. The van der Waals surface area contributed by atoms with Gasteiger partial charge in [0, 0.05) is 42.0 Å². The van der Waals surface area contributed by atoms with Crippen LogP contribution >= 0.6 is 23.2 Å². The second-order valence-corrected chi connectivity index (χ2v) is 12.8. The average Bonchev–Trinajstić information content (AvgIpc) is 2.94. The van der Waals surface area contributed by atoms with Gasteiger partial charge in [0.05, 0.1) is 11.9 Å². The highest BCUT2D eigenvalue weighted by Gasteiger charge is 2.31. The summed E-state index contributed by atoms with van der Waals surface area (Å²) in [5, 5.41) is 4.03. The molecular formula is C31H37Cl2N3O4S. The van der Waals surface area contributed by atoms with E-state index in [9.17, 15) is 18.0 Å². The van der Waals surface area contributed by atoms with Crippen molar-refractivity contribution in [3.8, 4) is 0 Å². The van der Waals surface area contributed by atoms with Crippen LogP contribution in [0.15, 0.2) is 78.9 Å². The van der Waals surface area contributed by atoms with Gasteiger partial charge in [-0.3, -0.25) is 13.9 Å². The van der Waals surface area contributed by atoms with E-state index < -0.39 is 16.1 Å². The fraction of sp³-hybridized carbons (Fsp3) is 0.355. The number of nitrogens with zero attached hydrogens (tertiary/aromatic N) is 2. The number of sulfonamides is 1. The van der Waals surface area contributed by atoms with Crippen molar-refractivity contribution in [1.29, 1.82) is 0 Å². The molecule has 0 aliphatic heterocycles. The van der Waals surface area contributed by atoms with Crippen LogP contribution in [-0.4, -0.2) is 50.0 Å². The van der Waals surface area contributed by atoms with Gasteiger partial charge in [0.25, 0.3) is 0 Å². The molecule has 3 rings (SSSR count). The lowest BCUT2D eigenvalue weighted by atomic mass is 10.0. The standard InChI is InChI=1S/C31H37Cl2N3O4S/c1-4-23(2)34-31(38)29(21-24-11-6-5-7-12-24)35(22-25-13-8-9-14-28(25)33)30(37)15-10-20-36(41(3,39)40)27-18-16-26(32)17-19-27/h5-9,11-14,16-19,23,29H,4,10,15,20-22H2,1-3H3,(H,34,38)/t23-,29+/m0/s1. The second-order valence-electron chi connectivity index (χ2n) is 10.1. The molecule has 220 valence electrons. The van der Waals surface area contributed by atoms with Crippen molar-refractivity contribution in [3.63, 3.8) is 0 Å². The molecule has 0 saturated heterocycles. The van der Waals surface area contributed by atoms with Crippen LogP contribution < -0.4 is 9.62 Å². The Hall–Kier alpha value is -3.07. The molecule has 0 heterocycles. The highest BCUT2D eigenvalue weighted by molar-refractivity contribution is 7.92. The zero-order valence-corrected chi connectivity index (χ0v) is 25.9. The maximum absolute atomic E-state index is 13.9. The molecule has 0 aromatic heterocycles. The normalized spacial score (nSPS) is 12.8. The maximum atomic E-state index is 13.9. The summed E-state index contributed by atoms with van der Waals surface area (Å²) < 4.78 is 26.4. The minimum absolute atomic E-state index is 0.0337. The van der Waals surface area contributed by atoms with Crippen molar-refractivity contribution in [2.45, 2.75) is 58.2 Å². The van der Waals surface area contributed by atoms with E-state index in [-0.39, 0.29) is 43.8 Å². The minimum atomic E-state index is -3.61. The van der Waals surface area contributed by atoms with Crippen LogP contribution in [0.1, 0.15) is 44.2 Å². The van der Waals surface area contributed by atoms with E-state index in [0.29, 0.717) is 22.2 Å². The number of rotatable bonds is 14. The third kappa shape index (κ3) is 9.76. The Labute approximate surface area is 253 Å². The van der Waals surface area contributed by atoms with Crippen molar-refractivity contribution < 1.29 is 18.0 Å². The number of hydrogen-bond acceptors (Lipinski definition) is 4. The molecule has 2 amide bonds. The lowest BCUT2D eigenvalue weighted by molar-refractivity contribution is -0.141. The summed E-state index contributed by atoms with van der Waals surface area (Å²) in [7, 11) is -3.61. The molecule has 0 bridgehead atoms. The molecule has 2 atom stereocenters. The molecule has 0 aliphatic carbocycles. The van der Waals surface area contributed by atoms with E-state index in [1.165, 1.54) is 4.31 Å². The molecule has 3 aromatic rings. The smallest absolute Gasteiger partial charge is 0.243 e. The van der Waals surface area contributed by atoms with Crippen LogP contribution in [0.5, 0.6) is 0 Å². The maximum Gasteiger partial charge on any atom is 0.243 e. The van der Waals surface area contributed by atoms with Crippen LogP contribution in [-0.2, 0) is 32.6 Å². The quantitative estimate of drug-likeness (QED) is 0.237. The van der Waals surface area contributed by atoms with Gasteiger partial charge in [0.1, 0.15) is 6.04 Å². The average molecular weight is 619 g/mol. The molecule has 41 heavy (non-hydrogen) atoms. The molecule has 3 aromatic carbocycles. The lowest BCUT2D eigenvalue weighted by Crippen LogP contribution is -2.52. The number of carbonyl (C=O) groups is 2. The number of anilines is 1. The van der Waals surface area contributed by atoms with Gasteiger partial charge in [-0.1, -0.05) is 78.7 Å². The number of carbonyl (C=O) groups excluding carboxylic acids is 2. The fourth-order valence-corrected chi connectivity index (χ4v) is 5.70. The summed E-state index contributed by atoms with van der Waals surface area (Å²) in [5.74, 6) is -0.516. The van der Waals surface area contributed by atoms with Gasteiger partial charge in [-0.25, -0.2) is 8.42 Å². The lowest BCUT2D eigenvalue weighted by Gasteiger charge is -2.33. The Kier molecular flexibility index (Phi) is 12.1. The van der Waals surface area contributed by atoms with Crippen molar-refractivity contribution in [2.75, 3.05) is 17.1 Å². The first-order chi connectivity index (χ1) is 19.5. The number of nitrogens with one attached hydrogen (secondary N) is 1. The van der Waals surface area contributed by atoms with Gasteiger partial charge in [0.2, 0.25) is 21.8 Å². The zero-order chi connectivity index (χ0) is 30.0. The first-order valence-corrected chi connectivity index (χ1v) is 16.2. The van der Waals surface area contributed by atoms with Gasteiger partial charge >= 0.3 is 0 Å². The number of benzene rings is 3. The number of halogens is 2. The Morgan fingerprint density at radius 3 is 2.17 bits per heavy atom.